The van der Waals surface area contributed by atoms with Crippen molar-refractivity contribution in [1.29, 1.82) is 0 Å². The molecule has 3 heterocycles. The number of furan rings is 1. The fraction of sp³-hybridized carbons (Fsp3) is 0.462. The Bertz CT molecular complexity index is 1450. The maximum Gasteiger partial charge on any atom is 0.261 e. The number of aromatic nitrogens is 1. The van der Waals surface area contributed by atoms with E-state index in [1.807, 2.05) is 31.2 Å². The second-order valence-electron chi connectivity index (χ2n) is 9.73. The number of pyridine rings is 1. The van der Waals surface area contributed by atoms with E-state index in [1.165, 1.54) is 15.1 Å². The smallest absolute Gasteiger partial charge is 0.261 e. The van der Waals surface area contributed by atoms with Crippen molar-refractivity contribution in [2.24, 2.45) is 12.8 Å². The molecule has 4 rings (SSSR count). The van der Waals surface area contributed by atoms with Crippen molar-refractivity contribution in [2.75, 3.05) is 37.8 Å². The Hall–Kier alpha value is -2.70. The van der Waals surface area contributed by atoms with E-state index >= 15 is 0 Å². The Kier molecular flexibility index (Phi) is 9.77. The molecule has 1 aliphatic heterocycles. The standard InChI is InChI=1S/C26H35N5O5S.ClH/c1-18-15-31(37(3,34)35)12-11-30(18)16-21-14-22-25(36-21)23(17-29(2)26(22)33)19-7-6-8-20(13-19)28-24(32)9-4-5-10-27;/h6-8,13-14,17-18H,4-5,9-12,15-16,27H2,1-3H3,(H,28,32);1H. The Labute approximate surface area is 229 Å². The number of halogens is 1. The van der Waals surface area contributed by atoms with E-state index in [2.05, 4.69) is 10.2 Å². The molecular formula is C26H36ClN5O5S. The Morgan fingerprint density at radius 2 is 1.97 bits per heavy atom. The molecule has 1 amide bonds. The first-order valence-electron chi connectivity index (χ1n) is 12.5. The zero-order chi connectivity index (χ0) is 26.7. The zero-order valence-corrected chi connectivity index (χ0v) is 23.6. The van der Waals surface area contributed by atoms with Crippen molar-refractivity contribution in [3.63, 3.8) is 0 Å². The number of anilines is 1. The van der Waals surface area contributed by atoms with E-state index in [0.717, 1.165) is 24.0 Å². The van der Waals surface area contributed by atoms with Crippen LogP contribution in [0.2, 0.25) is 0 Å². The minimum atomic E-state index is -3.23. The van der Waals surface area contributed by atoms with Gasteiger partial charge in [0, 0.05) is 56.6 Å². The molecule has 1 fully saturated rings. The number of amides is 1. The van der Waals surface area contributed by atoms with Gasteiger partial charge < -0.3 is 20.0 Å². The molecule has 1 unspecified atom stereocenters. The summed E-state index contributed by atoms with van der Waals surface area (Å²) < 4.78 is 33.1. The van der Waals surface area contributed by atoms with Crippen LogP contribution in [-0.4, -0.2) is 66.6 Å². The van der Waals surface area contributed by atoms with Gasteiger partial charge in [0.05, 0.1) is 18.2 Å². The fourth-order valence-electron chi connectivity index (χ4n) is 4.70. The van der Waals surface area contributed by atoms with Gasteiger partial charge in [0.15, 0.2) is 0 Å². The van der Waals surface area contributed by atoms with Gasteiger partial charge >= 0.3 is 0 Å². The largest absolute Gasteiger partial charge is 0.459 e. The minimum absolute atomic E-state index is 0. The van der Waals surface area contributed by atoms with Gasteiger partial charge in [0.25, 0.3) is 5.56 Å². The molecule has 0 spiro atoms. The average Bonchev–Trinajstić information content (AvgIpc) is 3.26. The summed E-state index contributed by atoms with van der Waals surface area (Å²) in [5, 5.41) is 3.41. The summed E-state index contributed by atoms with van der Waals surface area (Å²) in [5.41, 5.74) is 8.08. The molecule has 0 saturated carbocycles. The van der Waals surface area contributed by atoms with Gasteiger partial charge in [0.1, 0.15) is 11.3 Å². The molecule has 1 atom stereocenters. The number of benzene rings is 1. The highest BCUT2D eigenvalue weighted by molar-refractivity contribution is 7.88. The van der Waals surface area contributed by atoms with Crippen molar-refractivity contribution in [3.05, 3.63) is 52.6 Å². The van der Waals surface area contributed by atoms with E-state index in [-0.39, 0.29) is 29.9 Å². The summed E-state index contributed by atoms with van der Waals surface area (Å²) in [5.74, 6) is 0.574. The molecule has 3 N–H and O–H groups in total. The lowest BCUT2D eigenvalue weighted by molar-refractivity contribution is -0.116. The molecule has 38 heavy (non-hydrogen) atoms. The van der Waals surface area contributed by atoms with Crippen LogP contribution in [0, 0.1) is 0 Å². The molecule has 3 aromatic rings. The number of nitrogens with zero attached hydrogens (tertiary/aromatic N) is 3. The maximum absolute atomic E-state index is 12.9. The predicted octanol–water partition coefficient (Wildman–Crippen LogP) is 2.75. The van der Waals surface area contributed by atoms with Gasteiger partial charge in [-0.05, 0) is 50.1 Å². The van der Waals surface area contributed by atoms with Gasteiger partial charge in [-0.25, -0.2) is 8.42 Å². The highest BCUT2D eigenvalue weighted by Gasteiger charge is 2.29. The molecule has 1 aliphatic rings. The van der Waals surface area contributed by atoms with E-state index in [9.17, 15) is 18.0 Å². The van der Waals surface area contributed by atoms with Gasteiger partial charge in [-0.3, -0.25) is 14.5 Å². The molecule has 1 aromatic carbocycles. The van der Waals surface area contributed by atoms with Gasteiger partial charge in [-0.2, -0.15) is 4.31 Å². The summed E-state index contributed by atoms with van der Waals surface area (Å²) in [4.78, 5) is 27.4. The van der Waals surface area contributed by atoms with Crippen LogP contribution in [0.3, 0.4) is 0 Å². The van der Waals surface area contributed by atoms with Crippen molar-refractivity contribution in [1.82, 2.24) is 13.8 Å². The summed E-state index contributed by atoms with van der Waals surface area (Å²) in [7, 11) is -1.53. The first-order chi connectivity index (χ1) is 17.6. The van der Waals surface area contributed by atoms with Crippen LogP contribution in [0.15, 0.2) is 45.7 Å². The number of hydrogen-bond acceptors (Lipinski definition) is 7. The normalized spacial score (nSPS) is 16.9. The minimum Gasteiger partial charge on any atom is -0.459 e. The predicted molar refractivity (Wildman–Crippen MR) is 152 cm³/mol. The highest BCUT2D eigenvalue weighted by atomic mass is 35.5. The van der Waals surface area contributed by atoms with Crippen LogP contribution in [0.25, 0.3) is 22.1 Å². The number of fused-ring (bicyclic) bond motifs is 1. The third kappa shape index (κ3) is 6.83. The van der Waals surface area contributed by atoms with Gasteiger partial charge in [0.2, 0.25) is 15.9 Å². The molecule has 0 aliphatic carbocycles. The second kappa shape index (κ2) is 12.4. The molecule has 10 nitrogen and oxygen atoms in total. The van der Waals surface area contributed by atoms with Crippen molar-refractivity contribution >= 4 is 45.0 Å². The van der Waals surface area contributed by atoms with Crippen LogP contribution < -0.4 is 16.6 Å². The number of aryl methyl sites for hydroxylation is 1. The summed E-state index contributed by atoms with van der Waals surface area (Å²) >= 11 is 0. The molecule has 2 aromatic heterocycles. The lowest BCUT2D eigenvalue weighted by Gasteiger charge is -2.38. The molecule has 0 radical (unpaired) electrons. The summed E-state index contributed by atoms with van der Waals surface area (Å²) in [6, 6.07) is 9.25. The monoisotopic (exact) mass is 565 g/mol. The lowest BCUT2D eigenvalue weighted by Crippen LogP contribution is -2.52. The Morgan fingerprint density at radius 1 is 1.21 bits per heavy atom. The lowest BCUT2D eigenvalue weighted by atomic mass is 10.0. The van der Waals surface area contributed by atoms with Crippen LogP contribution in [-0.2, 0) is 28.4 Å². The molecular weight excluding hydrogens is 530 g/mol. The SMILES string of the molecule is CC1CN(S(C)(=O)=O)CCN1Cc1cc2c(=O)n(C)cc(-c3cccc(NC(=O)CCCCN)c3)c2o1.Cl. The number of unbranched alkanes of at least 4 members (excludes halogenated alkanes) is 1. The third-order valence-electron chi connectivity index (χ3n) is 6.77. The number of nitrogens with one attached hydrogen (secondary N) is 1. The first-order valence-corrected chi connectivity index (χ1v) is 14.3. The van der Waals surface area contributed by atoms with E-state index in [0.29, 0.717) is 61.6 Å². The van der Waals surface area contributed by atoms with Crippen molar-refractivity contribution < 1.29 is 17.6 Å². The van der Waals surface area contributed by atoms with Crippen LogP contribution in [0.5, 0.6) is 0 Å². The topological polar surface area (TPSA) is 131 Å². The van der Waals surface area contributed by atoms with Crippen LogP contribution >= 0.6 is 12.4 Å². The van der Waals surface area contributed by atoms with Gasteiger partial charge in [-0.15, -0.1) is 12.4 Å². The van der Waals surface area contributed by atoms with Crippen molar-refractivity contribution in [3.8, 4) is 11.1 Å². The summed E-state index contributed by atoms with van der Waals surface area (Å²) in [6.07, 6.45) is 4.92. The number of nitrogens with two attached hydrogens (primary N) is 1. The van der Waals surface area contributed by atoms with Crippen molar-refractivity contribution in [2.45, 2.75) is 38.8 Å². The number of piperazine rings is 1. The number of sulfonamides is 1. The molecule has 1 saturated heterocycles. The number of carbonyl (C=O) groups excluding carboxylic acids is 1. The Morgan fingerprint density at radius 3 is 2.66 bits per heavy atom. The third-order valence-corrected chi connectivity index (χ3v) is 8.04. The quantitative estimate of drug-likeness (QED) is 0.381. The highest BCUT2D eigenvalue weighted by Crippen LogP contribution is 2.31. The van der Waals surface area contributed by atoms with E-state index in [1.54, 1.807) is 19.3 Å². The first kappa shape index (κ1) is 29.9. The Balaban J connectivity index is 0.00000400. The van der Waals surface area contributed by atoms with Crippen LogP contribution in [0.1, 0.15) is 31.9 Å². The number of hydrogen-bond donors (Lipinski definition) is 2. The zero-order valence-electron chi connectivity index (χ0n) is 22.0. The maximum atomic E-state index is 12.9. The fourth-order valence-corrected chi connectivity index (χ4v) is 5.60. The van der Waals surface area contributed by atoms with Gasteiger partial charge in [-0.1, -0.05) is 12.1 Å². The average molecular weight is 566 g/mol. The van der Waals surface area contributed by atoms with E-state index in [4.69, 9.17) is 10.2 Å². The molecule has 0 bridgehead atoms. The number of rotatable bonds is 9. The molecule has 12 heteroatoms. The molecule has 208 valence electrons. The van der Waals surface area contributed by atoms with E-state index < -0.39 is 10.0 Å². The second-order valence-corrected chi connectivity index (χ2v) is 11.7. The summed E-state index contributed by atoms with van der Waals surface area (Å²) in [6.45, 7) is 4.42. The number of carbonyl (C=O) groups is 1. The van der Waals surface area contributed by atoms with Crippen LogP contribution in [0.4, 0.5) is 5.69 Å².